The van der Waals surface area contributed by atoms with E-state index < -0.39 is 0 Å². The summed E-state index contributed by atoms with van der Waals surface area (Å²) >= 11 is 1.42. The highest BCUT2D eigenvalue weighted by Gasteiger charge is 2.01. The predicted octanol–water partition coefficient (Wildman–Crippen LogP) is 3.38. The quantitative estimate of drug-likeness (QED) is 0.756. The first kappa shape index (κ1) is 9.15. The Balaban J connectivity index is 2.15. The zero-order chi connectivity index (χ0) is 9.97. The van der Waals surface area contributed by atoms with Crippen molar-refractivity contribution in [2.75, 3.05) is 0 Å². The van der Waals surface area contributed by atoms with Crippen LogP contribution in [-0.4, -0.2) is 4.98 Å². The third-order valence-electron chi connectivity index (χ3n) is 1.62. The van der Waals surface area contributed by atoms with Gasteiger partial charge in [0.25, 0.3) is 5.19 Å². The summed E-state index contributed by atoms with van der Waals surface area (Å²) in [6.45, 7) is 1.90. The zero-order valence-electron chi connectivity index (χ0n) is 7.53. The number of ether oxygens (including phenoxy) is 1. The fourth-order valence-electron chi connectivity index (χ4n) is 0.983. The summed E-state index contributed by atoms with van der Waals surface area (Å²) in [4.78, 5) is 4.13. The van der Waals surface area contributed by atoms with Gasteiger partial charge in [-0.3, -0.25) is 0 Å². The maximum atomic E-state index is 12.6. The van der Waals surface area contributed by atoms with Crippen LogP contribution in [0.5, 0.6) is 10.9 Å². The molecule has 0 atom stereocenters. The minimum Gasteiger partial charge on any atom is -0.431 e. The number of thiazole rings is 1. The normalized spacial score (nSPS) is 10.1. The third kappa shape index (κ3) is 2.09. The molecule has 0 unspecified atom stereocenters. The molecule has 1 aromatic heterocycles. The molecule has 2 rings (SSSR count). The van der Waals surface area contributed by atoms with Crippen molar-refractivity contribution in [1.82, 2.24) is 4.98 Å². The maximum absolute atomic E-state index is 12.6. The molecule has 0 N–H and O–H groups in total. The van der Waals surface area contributed by atoms with Gasteiger partial charge in [-0.2, -0.15) is 0 Å². The molecule has 14 heavy (non-hydrogen) atoms. The van der Waals surface area contributed by atoms with E-state index in [-0.39, 0.29) is 5.82 Å². The number of aromatic nitrogens is 1. The lowest BCUT2D eigenvalue weighted by molar-refractivity contribution is 0.476. The first-order valence-electron chi connectivity index (χ1n) is 4.09. The molecule has 1 aromatic carbocycles. The van der Waals surface area contributed by atoms with E-state index in [0.717, 1.165) is 5.69 Å². The number of hydrogen-bond donors (Lipinski definition) is 0. The minimum absolute atomic E-state index is 0.271. The molecule has 0 aliphatic heterocycles. The highest BCUT2D eigenvalue weighted by atomic mass is 32.1. The van der Waals surface area contributed by atoms with Gasteiger partial charge in [0.05, 0.1) is 5.69 Å². The Kier molecular flexibility index (Phi) is 2.45. The Morgan fingerprint density at radius 2 is 2.00 bits per heavy atom. The van der Waals surface area contributed by atoms with E-state index in [0.29, 0.717) is 10.9 Å². The first-order valence-corrected chi connectivity index (χ1v) is 4.97. The molecule has 72 valence electrons. The number of aryl methyl sites for hydroxylation is 1. The van der Waals surface area contributed by atoms with Gasteiger partial charge < -0.3 is 4.74 Å². The van der Waals surface area contributed by atoms with Crippen molar-refractivity contribution in [3.8, 4) is 10.9 Å². The molecule has 0 saturated heterocycles. The van der Waals surface area contributed by atoms with Gasteiger partial charge in [0.1, 0.15) is 11.6 Å². The van der Waals surface area contributed by atoms with Gasteiger partial charge >= 0.3 is 0 Å². The van der Waals surface area contributed by atoms with Crippen LogP contribution in [0, 0.1) is 12.7 Å². The van der Waals surface area contributed by atoms with Gasteiger partial charge in [-0.1, -0.05) is 11.3 Å². The summed E-state index contributed by atoms with van der Waals surface area (Å²) in [5.74, 6) is 0.327. The van der Waals surface area contributed by atoms with Crippen molar-refractivity contribution in [3.05, 3.63) is 41.2 Å². The number of hydrogen-bond acceptors (Lipinski definition) is 3. The van der Waals surface area contributed by atoms with Gasteiger partial charge in [0.15, 0.2) is 0 Å². The Hall–Kier alpha value is -1.42. The maximum Gasteiger partial charge on any atom is 0.278 e. The third-order valence-corrected chi connectivity index (χ3v) is 2.45. The fourth-order valence-corrected chi connectivity index (χ4v) is 1.65. The lowest BCUT2D eigenvalue weighted by atomic mass is 10.3. The molecule has 0 saturated carbocycles. The van der Waals surface area contributed by atoms with Crippen molar-refractivity contribution in [1.29, 1.82) is 0 Å². The molecular weight excluding hydrogens is 201 g/mol. The van der Waals surface area contributed by atoms with Crippen molar-refractivity contribution in [2.45, 2.75) is 6.92 Å². The Morgan fingerprint density at radius 3 is 2.57 bits per heavy atom. The molecule has 2 nitrogen and oxygen atoms in total. The largest absolute Gasteiger partial charge is 0.431 e. The molecule has 0 radical (unpaired) electrons. The molecule has 0 spiro atoms. The number of rotatable bonds is 2. The second-order valence-corrected chi connectivity index (χ2v) is 3.63. The van der Waals surface area contributed by atoms with E-state index in [9.17, 15) is 4.39 Å². The molecule has 1 heterocycles. The number of halogens is 1. The second-order valence-electron chi connectivity index (χ2n) is 2.81. The van der Waals surface area contributed by atoms with Crippen LogP contribution in [0.1, 0.15) is 5.69 Å². The van der Waals surface area contributed by atoms with Crippen molar-refractivity contribution < 1.29 is 9.13 Å². The van der Waals surface area contributed by atoms with E-state index in [2.05, 4.69) is 4.98 Å². The highest BCUT2D eigenvalue weighted by Crippen LogP contribution is 2.24. The molecule has 2 aromatic rings. The van der Waals surface area contributed by atoms with E-state index in [1.54, 1.807) is 12.1 Å². The predicted molar refractivity (Wildman–Crippen MR) is 53.3 cm³/mol. The first-order chi connectivity index (χ1) is 6.74. The van der Waals surface area contributed by atoms with Crippen LogP contribution in [0.15, 0.2) is 29.6 Å². The van der Waals surface area contributed by atoms with Crippen LogP contribution in [0.25, 0.3) is 0 Å². The van der Waals surface area contributed by atoms with Crippen molar-refractivity contribution in [3.63, 3.8) is 0 Å². The Bertz CT molecular complexity index is 424. The molecule has 4 heteroatoms. The van der Waals surface area contributed by atoms with Crippen molar-refractivity contribution >= 4 is 11.3 Å². The summed E-state index contributed by atoms with van der Waals surface area (Å²) < 4.78 is 18.0. The average molecular weight is 209 g/mol. The lowest BCUT2D eigenvalue weighted by Gasteiger charge is -1.99. The zero-order valence-corrected chi connectivity index (χ0v) is 8.34. The van der Waals surface area contributed by atoms with Gasteiger partial charge in [0.2, 0.25) is 0 Å². The summed E-state index contributed by atoms with van der Waals surface area (Å²) in [6, 6.07) is 5.86. The molecule has 0 aliphatic rings. The van der Waals surface area contributed by atoms with Gasteiger partial charge in [0, 0.05) is 5.38 Å². The Labute approximate surface area is 85.0 Å². The smallest absolute Gasteiger partial charge is 0.278 e. The van der Waals surface area contributed by atoms with Crippen LogP contribution < -0.4 is 4.74 Å². The summed E-state index contributed by atoms with van der Waals surface area (Å²) in [5, 5.41) is 2.48. The lowest BCUT2D eigenvalue weighted by Crippen LogP contribution is -1.83. The van der Waals surface area contributed by atoms with Gasteiger partial charge in [-0.15, -0.1) is 0 Å². The van der Waals surface area contributed by atoms with Gasteiger partial charge in [-0.05, 0) is 31.2 Å². The highest BCUT2D eigenvalue weighted by molar-refractivity contribution is 7.11. The summed E-state index contributed by atoms with van der Waals surface area (Å²) in [5.41, 5.74) is 0.923. The number of nitrogens with zero attached hydrogens (tertiary/aromatic N) is 1. The van der Waals surface area contributed by atoms with Crippen LogP contribution in [0.2, 0.25) is 0 Å². The van der Waals surface area contributed by atoms with Crippen LogP contribution in [0.3, 0.4) is 0 Å². The van der Waals surface area contributed by atoms with Crippen LogP contribution >= 0.6 is 11.3 Å². The van der Waals surface area contributed by atoms with Gasteiger partial charge in [-0.25, -0.2) is 9.37 Å². The SMILES string of the molecule is Cc1csc(Oc2ccc(F)cc2)n1. The Morgan fingerprint density at radius 1 is 1.29 bits per heavy atom. The fraction of sp³-hybridized carbons (Fsp3) is 0.100. The molecule has 0 bridgehead atoms. The van der Waals surface area contributed by atoms with E-state index in [1.807, 2.05) is 12.3 Å². The van der Waals surface area contributed by atoms with Crippen LogP contribution in [-0.2, 0) is 0 Å². The second kappa shape index (κ2) is 3.75. The summed E-state index contributed by atoms with van der Waals surface area (Å²) in [7, 11) is 0. The van der Waals surface area contributed by atoms with Crippen molar-refractivity contribution in [2.24, 2.45) is 0 Å². The van der Waals surface area contributed by atoms with E-state index in [4.69, 9.17) is 4.74 Å². The molecular formula is C10H8FNOS. The molecule has 0 fully saturated rings. The minimum atomic E-state index is -0.271. The van der Waals surface area contributed by atoms with Crippen LogP contribution in [0.4, 0.5) is 4.39 Å². The molecule has 0 aliphatic carbocycles. The topological polar surface area (TPSA) is 22.1 Å². The van der Waals surface area contributed by atoms with E-state index >= 15 is 0 Å². The standard InChI is InChI=1S/C10H8FNOS/c1-7-6-14-10(12-7)13-9-4-2-8(11)3-5-9/h2-6H,1H3. The molecule has 0 amide bonds. The summed E-state index contributed by atoms with van der Waals surface area (Å²) in [6.07, 6.45) is 0. The average Bonchev–Trinajstić information content (AvgIpc) is 2.56. The monoisotopic (exact) mass is 209 g/mol. The number of benzene rings is 1. The van der Waals surface area contributed by atoms with E-state index in [1.165, 1.54) is 23.5 Å².